The predicted octanol–water partition coefficient (Wildman–Crippen LogP) is 1.33. The number of rotatable bonds is 2. The van der Waals surface area contributed by atoms with Crippen LogP contribution in [0.4, 0.5) is 0 Å². The van der Waals surface area contributed by atoms with Crippen LogP contribution in [0, 0.1) is 0 Å². The van der Waals surface area contributed by atoms with E-state index in [-0.39, 0.29) is 12.0 Å². The van der Waals surface area contributed by atoms with E-state index < -0.39 is 0 Å². The van der Waals surface area contributed by atoms with Gasteiger partial charge < -0.3 is 10.1 Å². The van der Waals surface area contributed by atoms with Crippen LogP contribution in [-0.4, -0.2) is 34.2 Å². The van der Waals surface area contributed by atoms with Crippen LogP contribution in [0.2, 0.25) is 0 Å². The van der Waals surface area contributed by atoms with Gasteiger partial charge in [0.25, 0.3) is 0 Å². The van der Waals surface area contributed by atoms with Gasteiger partial charge in [0.2, 0.25) is 0 Å². The Labute approximate surface area is 110 Å². The number of carbonyl (C=O) groups excluding carboxylic acids is 1. The van der Waals surface area contributed by atoms with Gasteiger partial charge in [0.15, 0.2) is 11.5 Å². The van der Waals surface area contributed by atoms with E-state index in [2.05, 4.69) is 15.5 Å². The molecule has 0 bridgehead atoms. The molecular formula is C13H16N4O2. The van der Waals surface area contributed by atoms with E-state index >= 15 is 0 Å². The molecule has 19 heavy (non-hydrogen) atoms. The Kier molecular flexibility index (Phi) is 3.16. The van der Waals surface area contributed by atoms with E-state index in [1.165, 1.54) is 20.0 Å². The zero-order valence-corrected chi connectivity index (χ0v) is 10.8. The summed E-state index contributed by atoms with van der Waals surface area (Å²) in [5.41, 5.74) is 0.997. The highest BCUT2D eigenvalue weighted by molar-refractivity contribution is 5.95. The van der Waals surface area contributed by atoms with Gasteiger partial charge in [-0.05, 0) is 31.5 Å². The largest absolute Gasteiger partial charge is 0.465 e. The second kappa shape index (κ2) is 4.97. The number of carbonyl (C=O) groups is 1. The Morgan fingerprint density at radius 3 is 3.11 bits per heavy atom. The summed E-state index contributed by atoms with van der Waals surface area (Å²) in [6.07, 6.45) is 5.31. The van der Waals surface area contributed by atoms with Crippen LogP contribution in [0.3, 0.4) is 0 Å². The van der Waals surface area contributed by atoms with Gasteiger partial charge in [0.05, 0.1) is 13.2 Å². The minimum absolute atomic E-state index is 0.205. The maximum Gasteiger partial charge on any atom is 0.341 e. The topological polar surface area (TPSA) is 68.5 Å². The predicted molar refractivity (Wildman–Crippen MR) is 68.9 cm³/mol. The molecule has 1 saturated heterocycles. The van der Waals surface area contributed by atoms with Crippen LogP contribution in [-0.2, 0) is 4.74 Å². The number of fused-ring (bicyclic) bond motifs is 1. The molecule has 0 radical (unpaired) electrons. The van der Waals surface area contributed by atoms with Crippen LogP contribution in [0.25, 0.3) is 5.65 Å². The fourth-order valence-corrected chi connectivity index (χ4v) is 2.51. The van der Waals surface area contributed by atoms with Crippen molar-refractivity contribution in [2.45, 2.75) is 25.3 Å². The molecule has 3 rings (SSSR count). The molecule has 100 valence electrons. The molecule has 0 spiro atoms. The number of hydrogen-bond acceptors (Lipinski definition) is 5. The summed E-state index contributed by atoms with van der Waals surface area (Å²) < 4.78 is 6.63. The molecule has 1 atom stereocenters. The Morgan fingerprint density at radius 1 is 1.47 bits per heavy atom. The summed E-state index contributed by atoms with van der Waals surface area (Å²) in [4.78, 5) is 11.7. The summed E-state index contributed by atoms with van der Waals surface area (Å²) in [6, 6.07) is 3.72. The average Bonchev–Trinajstić information content (AvgIpc) is 2.91. The number of piperidine rings is 1. The Hall–Kier alpha value is -1.95. The van der Waals surface area contributed by atoms with Crippen molar-refractivity contribution in [3.8, 4) is 0 Å². The molecule has 0 aromatic carbocycles. The van der Waals surface area contributed by atoms with E-state index in [4.69, 9.17) is 4.74 Å². The number of methoxy groups -OCH3 is 1. The lowest BCUT2D eigenvalue weighted by Gasteiger charge is -2.21. The monoisotopic (exact) mass is 260 g/mol. The standard InChI is InChI=1S/C13H16N4O2/c1-19-13(18)9-5-4-8-17-11(9)15-16-12(17)10-6-2-3-7-14-10/h4-5,8,10,14H,2-3,6-7H2,1H3. The van der Waals surface area contributed by atoms with Crippen LogP contribution in [0.5, 0.6) is 0 Å². The summed E-state index contributed by atoms with van der Waals surface area (Å²) in [7, 11) is 1.37. The molecule has 0 saturated carbocycles. The Balaban J connectivity index is 2.05. The molecular weight excluding hydrogens is 244 g/mol. The van der Waals surface area contributed by atoms with Crippen LogP contribution in [0.15, 0.2) is 18.3 Å². The molecule has 2 aromatic rings. The van der Waals surface area contributed by atoms with Crippen molar-refractivity contribution in [3.05, 3.63) is 29.7 Å². The van der Waals surface area contributed by atoms with E-state index in [0.717, 1.165) is 18.8 Å². The highest BCUT2D eigenvalue weighted by Crippen LogP contribution is 2.23. The lowest BCUT2D eigenvalue weighted by Crippen LogP contribution is -2.28. The van der Waals surface area contributed by atoms with Crippen molar-refractivity contribution in [3.63, 3.8) is 0 Å². The Morgan fingerprint density at radius 2 is 2.37 bits per heavy atom. The quantitative estimate of drug-likeness (QED) is 0.825. The van der Waals surface area contributed by atoms with Gasteiger partial charge in [-0.3, -0.25) is 4.40 Å². The smallest absolute Gasteiger partial charge is 0.341 e. The third-order valence-corrected chi connectivity index (χ3v) is 3.49. The third-order valence-electron chi connectivity index (χ3n) is 3.49. The molecule has 0 amide bonds. The second-order valence-electron chi connectivity index (χ2n) is 4.67. The van der Waals surface area contributed by atoms with E-state index in [1.807, 2.05) is 16.7 Å². The van der Waals surface area contributed by atoms with E-state index in [1.54, 1.807) is 6.07 Å². The summed E-state index contributed by atoms with van der Waals surface area (Å²) >= 11 is 0. The lowest BCUT2D eigenvalue weighted by atomic mass is 10.0. The Bertz CT molecular complexity index is 602. The van der Waals surface area contributed by atoms with Crippen LogP contribution >= 0.6 is 0 Å². The zero-order valence-electron chi connectivity index (χ0n) is 10.8. The fraction of sp³-hybridized carbons (Fsp3) is 0.462. The van der Waals surface area contributed by atoms with Gasteiger partial charge in [-0.25, -0.2) is 4.79 Å². The molecule has 1 aliphatic heterocycles. The maximum absolute atomic E-state index is 11.7. The van der Waals surface area contributed by atoms with Gasteiger partial charge in [0, 0.05) is 6.20 Å². The van der Waals surface area contributed by atoms with Crippen molar-refractivity contribution in [2.24, 2.45) is 0 Å². The number of nitrogens with one attached hydrogen (secondary N) is 1. The van der Waals surface area contributed by atoms with Crippen molar-refractivity contribution in [1.29, 1.82) is 0 Å². The summed E-state index contributed by atoms with van der Waals surface area (Å²) in [5.74, 6) is 0.474. The van der Waals surface area contributed by atoms with E-state index in [0.29, 0.717) is 11.2 Å². The SMILES string of the molecule is COC(=O)c1cccn2c(C3CCCCN3)nnc12. The van der Waals surface area contributed by atoms with Gasteiger partial charge in [-0.15, -0.1) is 10.2 Å². The first-order valence-electron chi connectivity index (χ1n) is 6.46. The molecule has 1 unspecified atom stereocenters. The van der Waals surface area contributed by atoms with Crippen molar-refractivity contribution < 1.29 is 9.53 Å². The molecule has 2 aromatic heterocycles. The highest BCUT2D eigenvalue weighted by Gasteiger charge is 2.22. The molecule has 0 aliphatic carbocycles. The fourth-order valence-electron chi connectivity index (χ4n) is 2.51. The number of aromatic nitrogens is 3. The van der Waals surface area contributed by atoms with Crippen LogP contribution < -0.4 is 5.32 Å². The molecule has 3 heterocycles. The van der Waals surface area contributed by atoms with E-state index in [9.17, 15) is 4.79 Å². The highest BCUT2D eigenvalue weighted by atomic mass is 16.5. The van der Waals surface area contributed by atoms with Crippen molar-refractivity contribution >= 4 is 11.6 Å². The third kappa shape index (κ3) is 2.08. The number of nitrogens with zero attached hydrogens (tertiary/aromatic N) is 3. The summed E-state index contributed by atoms with van der Waals surface area (Å²) in [5, 5.41) is 11.8. The van der Waals surface area contributed by atoms with Gasteiger partial charge >= 0.3 is 5.97 Å². The number of pyridine rings is 1. The van der Waals surface area contributed by atoms with Crippen molar-refractivity contribution in [1.82, 2.24) is 19.9 Å². The summed E-state index contributed by atoms with van der Waals surface area (Å²) in [6.45, 7) is 0.996. The lowest BCUT2D eigenvalue weighted by molar-refractivity contribution is 0.0602. The van der Waals surface area contributed by atoms with Gasteiger partial charge in [0.1, 0.15) is 5.56 Å². The molecule has 1 N–H and O–H groups in total. The van der Waals surface area contributed by atoms with Gasteiger partial charge in [-0.1, -0.05) is 6.42 Å². The molecule has 6 heteroatoms. The average molecular weight is 260 g/mol. The molecule has 6 nitrogen and oxygen atoms in total. The minimum Gasteiger partial charge on any atom is -0.465 e. The first kappa shape index (κ1) is 12.1. The molecule has 1 fully saturated rings. The second-order valence-corrected chi connectivity index (χ2v) is 4.67. The first-order valence-corrected chi connectivity index (χ1v) is 6.46. The molecule has 1 aliphatic rings. The minimum atomic E-state index is -0.388. The van der Waals surface area contributed by atoms with Crippen LogP contribution in [0.1, 0.15) is 41.5 Å². The number of ether oxygens (including phenoxy) is 1. The maximum atomic E-state index is 11.7. The normalized spacial score (nSPS) is 19.5. The van der Waals surface area contributed by atoms with Crippen molar-refractivity contribution in [2.75, 3.05) is 13.7 Å². The first-order chi connectivity index (χ1) is 9.31. The number of hydrogen-bond donors (Lipinski definition) is 1. The zero-order chi connectivity index (χ0) is 13.2. The van der Waals surface area contributed by atoms with Gasteiger partial charge in [-0.2, -0.15) is 0 Å². The number of esters is 1.